The molecule has 3 saturated carbocycles. The summed E-state index contributed by atoms with van der Waals surface area (Å²) in [6.45, 7) is 4.12. The highest BCUT2D eigenvalue weighted by Crippen LogP contribution is 2.70. The molecule has 0 amide bonds. The maximum absolute atomic E-state index is 13.8. The molecule has 5 N–H and O–H groups in total. The third kappa shape index (κ3) is 4.16. The largest absolute Gasteiger partial charge is 0.399 e. The fourth-order valence-corrected chi connectivity index (χ4v) is 9.84. The van der Waals surface area contributed by atoms with E-state index in [2.05, 4.69) is 6.92 Å². The molecular formula is C35H42N2O7. The fraction of sp³-hybridized carbons (Fsp3) is 0.543. The molecule has 7 rings (SSSR count). The van der Waals surface area contributed by atoms with Crippen molar-refractivity contribution in [3.63, 3.8) is 0 Å². The van der Waals surface area contributed by atoms with Gasteiger partial charge in [-0.25, -0.2) is 0 Å². The van der Waals surface area contributed by atoms with Crippen molar-refractivity contribution in [2.45, 2.75) is 76.6 Å². The Balaban J connectivity index is 1.16. The summed E-state index contributed by atoms with van der Waals surface area (Å²) in [6.07, 6.45) is 10.2. The van der Waals surface area contributed by atoms with E-state index in [1.54, 1.807) is 12.2 Å². The molecule has 2 aromatic rings. The van der Waals surface area contributed by atoms with E-state index in [4.69, 9.17) is 15.2 Å². The number of Topliss-reactive ketones (excluding diaryl/α,β-unsaturated/α-hetero) is 1. The Hall–Kier alpha value is -3.08. The maximum Gasteiger partial charge on any atom is 0.193 e. The Morgan fingerprint density at radius 1 is 1.20 bits per heavy atom. The fourth-order valence-electron chi connectivity index (χ4n) is 9.84. The summed E-state index contributed by atoms with van der Waals surface area (Å²) in [6, 6.07) is 7.74. The van der Waals surface area contributed by atoms with E-state index in [0.29, 0.717) is 31.5 Å². The van der Waals surface area contributed by atoms with Gasteiger partial charge in [0.25, 0.3) is 0 Å². The van der Waals surface area contributed by atoms with Crippen molar-refractivity contribution in [1.29, 1.82) is 0 Å². The first-order valence-electron chi connectivity index (χ1n) is 15.8. The molecule has 2 heterocycles. The molecule has 0 bridgehead atoms. The third-order valence-electron chi connectivity index (χ3n) is 11.8. The summed E-state index contributed by atoms with van der Waals surface area (Å²) < 4.78 is 15.3. The van der Waals surface area contributed by atoms with Crippen molar-refractivity contribution in [2.24, 2.45) is 28.6 Å². The topological polar surface area (TPSA) is 144 Å². The van der Waals surface area contributed by atoms with Gasteiger partial charge >= 0.3 is 0 Å². The van der Waals surface area contributed by atoms with Gasteiger partial charge in [-0.2, -0.15) is 0 Å². The van der Waals surface area contributed by atoms with Crippen molar-refractivity contribution in [2.75, 3.05) is 18.9 Å². The molecule has 44 heavy (non-hydrogen) atoms. The van der Waals surface area contributed by atoms with E-state index < -0.39 is 47.3 Å². The number of carbonyl (C=O) groups excluding carboxylic acids is 2. The highest BCUT2D eigenvalue weighted by atomic mass is 16.7. The Morgan fingerprint density at radius 2 is 2.02 bits per heavy atom. The minimum atomic E-state index is -1.38. The minimum Gasteiger partial charge on any atom is -0.399 e. The van der Waals surface area contributed by atoms with Crippen molar-refractivity contribution in [1.82, 2.24) is 4.57 Å². The van der Waals surface area contributed by atoms with Gasteiger partial charge in [-0.15, -0.1) is 0 Å². The molecule has 4 fully saturated rings. The van der Waals surface area contributed by atoms with Crippen molar-refractivity contribution < 1.29 is 34.4 Å². The molecule has 234 valence electrons. The Kier molecular flexibility index (Phi) is 7.06. The van der Waals surface area contributed by atoms with E-state index in [1.165, 1.54) is 0 Å². The highest BCUT2D eigenvalue weighted by Gasteiger charge is 2.75. The number of nitrogens with zero attached hydrogens (tertiary/aromatic N) is 1. The van der Waals surface area contributed by atoms with Crippen molar-refractivity contribution >= 4 is 17.3 Å². The number of hydrogen-bond acceptors (Lipinski definition) is 8. The molecule has 0 radical (unpaired) electrons. The predicted octanol–water partition coefficient (Wildman–Crippen LogP) is 3.26. The zero-order valence-corrected chi connectivity index (χ0v) is 25.3. The standard InChI is InChI=1S/C35H42N2O7/c1-33-10-7-24(40)14-23(33)4-5-25-26-15-30-35(29(42)19-39,34(26,2)16-28(41)31(25)33)44-32(43-30)22-8-11-37(18-22)17-20-3-6-27(36)21(13-20)9-12-38/h3,6-8,10-11,13-14,18,25-26,28,30-32,38-39,41H,4-5,9,12,15-17,19,36H2,1-2H3/t25-,26-,28-,30+,31+,32+,33-,34-,35+/m0/s1. The van der Waals surface area contributed by atoms with Gasteiger partial charge in [-0.3, -0.25) is 9.59 Å². The molecule has 1 aromatic carbocycles. The number of rotatable bonds is 7. The van der Waals surface area contributed by atoms with Crippen LogP contribution in [-0.4, -0.2) is 62.5 Å². The summed E-state index contributed by atoms with van der Waals surface area (Å²) in [7, 11) is 0. The zero-order chi connectivity index (χ0) is 31.0. The Morgan fingerprint density at radius 3 is 2.80 bits per heavy atom. The van der Waals surface area contributed by atoms with Crippen LogP contribution in [0.1, 0.15) is 62.5 Å². The second-order valence-corrected chi connectivity index (χ2v) is 14.0. The molecule has 4 aliphatic carbocycles. The molecule has 0 unspecified atom stereocenters. The number of ketones is 2. The summed E-state index contributed by atoms with van der Waals surface area (Å²) in [5.41, 5.74) is 7.99. The quantitative estimate of drug-likeness (QED) is 0.354. The number of benzene rings is 1. The van der Waals surface area contributed by atoms with Crippen LogP contribution in [0, 0.1) is 28.6 Å². The van der Waals surface area contributed by atoms with Gasteiger partial charge in [0.2, 0.25) is 0 Å². The number of aromatic nitrogens is 1. The van der Waals surface area contributed by atoms with Gasteiger partial charge in [0.15, 0.2) is 23.5 Å². The zero-order valence-electron chi connectivity index (χ0n) is 25.3. The lowest BCUT2D eigenvalue weighted by Crippen LogP contribution is -2.63. The van der Waals surface area contributed by atoms with E-state index in [0.717, 1.165) is 35.1 Å². The number of hydrogen-bond donors (Lipinski definition) is 4. The third-order valence-corrected chi connectivity index (χ3v) is 11.8. The number of ether oxygens (including phenoxy) is 2. The van der Waals surface area contributed by atoms with Crippen LogP contribution in [0.2, 0.25) is 0 Å². The maximum atomic E-state index is 13.8. The predicted molar refractivity (Wildman–Crippen MR) is 162 cm³/mol. The van der Waals surface area contributed by atoms with E-state index in [-0.39, 0.29) is 30.1 Å². The number of carbonyl (C=O) groups is 2. The van der Waals surface area contributed by atoms with Crippen LogP contribution in [-0.2, 0) is 32.0 Å². The number of aliphatic hydroxyl groups is 3. The number of fused-ring (bicyclic) bond motifs is 7. The molecule has 9 heteroatoms. The molecule has 5 aliphatic rings. The van der Waals surface area contributed by atoms with Crippen LogP contribution >= 0.6 is 0 Å². The number of nitrogens with two attached hydrogens (primary N) is 1. The van der Waals surface area contributed by atoms with Crippen molar-refractivity contribution in [3.8, 4) is 0 Å². The van der Waals surface area contributed by atoms with Crippen molar-refractivity contribution in [3.05, 3.63) is 77.2 Å². The molecule has 9 nitrogen and oxygen atoms in total. The van der Waals surface area contributed by atoms with Gasteiger partial charge in [0, 0.05) is 53.5 Å². The Labute approximate surface area is 257 Å². The monoisotopic (exact) mass is 602 g/mol. The van der Waals surface area contributed by atoms with Gasteiger partial charge in [0.1, 0.15) is 6.61 Å². The summed E-state index contributed by atoms with van der Waals surface area (Å²) in [5, 5.41) is 31.4. The summed E-state index contributed by atoms with van der Waals surface area (Å²) >= 11 is 0. The van der Waals surface area contributed by atoms with Crippen LogP contribution in [0.25, 0.3) is 0 Å². The van der Waals surface area contributed by atoms with Gasteiger partial charge < -0.3 is 35.1 Å². The lowest BCUT2D eigenvalue weighted by Gasteiger charge is -2.59. The first-order chi connectivity index (χ1) is 21.0. The normalized spacial score (nSPS) is 38.9. The highest BCUT2D eigenvalue weighted by molar-refractivity contribution is 6.01. The number of nitrogen functional groups attached to an aromatic ring is 1. The molecule has 9 atom stereocenters. The average Bonchev–Trinajstić information content (AvgIpc) is 3.67. The second-order valence-electron chi connectivity index (χ2n) is 14.0. The first kappa shape index (κ1) is 29.6. The summed E-state index contributed by atoms with van der Waals surface area (Å²) in [5.74, 6) is -0.328. The average molecular weight is 603 g/mol. The minimum absolute atomic E-state index is 0.00413. The van der Waals surface area contributed by atoms with E-state index >= 15 is 0 Å². The van der Waals surface area contributed by atoms with Gasteiger partial charge in [-0.1, -0.05) is 37.6 Å². The lowest BCUT2D eigenvalue weighted by atomic mass is 9.46. The smallest absolute Gasteiger partial charge is 0.193 e. The van der Waals surface area contributed by atoms with Crippen LogP contribution in [0.5, 0.6) is 0 Å². The molecule has 0 spiro atoms. The Bertz CT molecular complexity index is 1560. The molecule has 1 aromatic heterocycles. The van der Waals surface area contributed by atoms with Crippen LogP contribution in [0.4, 0.5) is 5.69 Å². The van der Waals surface area contributed by atoms with Gasteiger partial charge in [0.05, 0.1) is 12.2 Å². The number of anilines is 1. The number of allylic oxidation sites excluding steroid dienone is 4. The first-order valence-corrected chi connectivity index (χ1v) is 15.8. The number of aliphatic hydroxyl groups excluding tert-OH is 3. The van der Waals surface area contributed by atoms with Crippen LogP contribution < -0.4 is 5.73 Å². The van der Waals surface area contributed by atoms with E-state index in [1.807, 2.05) is 54.2 Å². The molecular weight excluding hydrogens is 560 g/mol. The lowest BCUT2D eigenvalue weighted by molar-refractivity contribution is -0.201. The van der Waals surface area contributed by atoms with Crippen LogP contribution in [0.15, 0.2) is 60.5 Å². The SMILES string of the molecule is C[C@]12C=CC(=O)C=C1CC[C@@H]1[C@@H]2[C@@H](O)C[C@@]2(C)[C@H]1C[C@H]1O[C@@H](c3ccn(Cc4ccc(N)c(CCO)c4)c3)O[C@]12C(=O)CO. The molecule has 1 saturated heterocycles. The van der Waals surface area contributed by atoms with Crippen LogP contribution in [0.3, 0.4) is 0 Å². The molecule has 1 aliphatic heterocycles. The second kappa shape index (κ2) is 10.5. The van der Waals surface area contributed by atoms with E-state index in [9.17, 15) is 24.9 Å². The summed E-state index contributed by atoms with van der Waals surface area (Å²) in [4.78, 5) is 26.0. The van der Waals surface area contributed by atoms with Gasteiger partial charge in [-0.05, 0) is 79.4 Å².